The molecule has 2 aromatic rings. The van der Waals surface area contributed by atoms with Crippen molar-refractivity contribution in [3.63, 3.8) is 0 Å². The molecule has 0 N–H and O–H groups in total. The SMILES string of the molecule is COc1[c]c2c(cc1)-c1ccccc1C2. The van der Waals surface area contributed by atoms with E-state index in [0.717, 1.165) is 12.2 Å². The molecule has 1 aliphatic carbocycles. The Kier molecular flexibility index (Phi) is 1.78. The third-order valence-corrected chi connectivity index (χ3v) is 2.90. The predicted octanol–water partition coefficient (Wildman–Crippen LogP) is 3.07. The molecular formula is C14H11O. The molecule has 1 nitrogen and oxygen atoms in total. The summed E-state index contributed by atoms with van der Waals surface area (Å²) in [5.41, 5.74) is 5.27. The van der Waals surface area contributed by atoms with Crippen molar-refractivity contribution in [1.29, 1.82) is 0 Å². The van der Waals surface area contributed by atoms with Crippen molar-refractivity contribution >= 4 is 0 Å². The van der Waals surface area contributed by atoms with Crippen LogP contribution >= 0.6 is 0 Å². The van der Waals surface area contributed by atoms with Crippen LogP contribution < -0.4 is 4.74 Å². The zero-order chi connectivity index (χ0) is 10.3. The molecule has 1 radical (unpaired) electrons. The van der Waals surface area contributed by atoms with Crippen LogP contribution in [0.4, 0.5) is 0 Å². The van der Waals surface area contributed by atoms with Crippen LogP contribution in [-0.2, 0) is 6.42 Å². The van der Waals surface area contributed by atoms with Gasteiger partial charge in [-0.2, -0.15) is 0 Å². The van der Waals surface area contributed by atoms with Gasteiger partial charge in [0.2, 0.25) is 0 Å². The molecule has 3 rings (SSSR count). The smallest absolute Gasteiger partial charge is 0.127 e. The highest BCUT2D eigenvalue weighted by molar-refractivity contribution is 5.77. The summed E-state index contributed by atoms with van der Waals surface area (Å²) in [7, 11) is 1.68. The van der Waals surface area contributed by atoms with Crippen molar-refractivity contribution in [2.24, 2.45) is 0 Å². The van der Waals surface area contributed by atoms with Gasteiger partial charge in [0.05, 0.1) is 7.11 Å². The average molecular weight is 195 g/mol. The number of hydrogen-bond acceptors (Lipinski definition) is 1. The van der Waals surface area contributed by atoms with E-state index in [-0.39, 0.29) is 0 Å². The van der Waals surface area contributed by atoms with Crippen molar-refractivity contribution in [2.45, 2.75) is 6.42 Å². The molecule has 0 unspecified atom stereocenters. The number of benzene rings is 2. The third-order valence-electron chi connectivity index (χ3n) is 2.90. The van der Waals surface area contributed by atoms with Crippen molar-refractivity contribution in [1.82, 2.24) is 0 Å². The van der Waals surface area contributed by atoms with Gasteiger partial charge >= 0.3 is 0 Å². The number of fused-ring (bicyclic) bond motifs is 3. The lowest BCUT2D eigenvalue weighted by atomic mass is 10.1. The molecule has 73 valence electrons. The molecule has 0 heterocycles. The molecule has 2 aromatic carbocycles. The van der Waals surface area contributed by atoms with Crippen molar-refractivity contribution < 1.29 is 4.74 Å². The molecule has 0 fully saturated rings. The van der Waals surface area contributed by atoms with Crippen LogP contribution in [0.2, 0.25) is 0 Å². The van der Waals surface area contributed by atoms with Gasteiger partial charge in [0.1, 0.15) is 5.75 Å². The summed E-state index contributed by atoms with van der Waals surface area (Å²) < 4.78 is 5.18. The fourth-order valence-electron chi connectivity index (χ4n) is 2.16. The van der Waals surface area contributed by atoms with E-state index in [1.807, 2.05) is 6.07 Å². The summed E-state index contributed by atoms with van der Waals surface area (Å²) in [5, 5.41) is 0. The van der Waals surface area contributed by atoms with Crippen LogP contribution in [0.1, 0.15) is 11.1 Å². The highest BCUT2D eigenvalue weighted by Crippen LogP contribution is 2.37. The largest absolute Gasteiger partial charge is 0.496 e. The van der Waals surface area contributed by atoms with Crippen LogP contribution in [-0.4, -0.2) is 7.11 Å². The van der Waals surface area contributed by atoms with Gasteiger partial charge in [-0.05, 0) is 34.7 Å². The van der Waals surface area contributed by atoms with Crippen molar-refractivity contribution in [3.8, 4) is 16.9 Å². The Labute approximate surface area is 89.3 Å². The number of methoxy groups -OCH3 is 1. The van der Waals surface area contributed by atoms with Crippen LogP contribution in [0.15, 0.2) is 36.4 Å². The Morgan fingerprint density at radius 3 is 2.80 bits per heavy atom. The normalized spacial score (nSPS) is 12.1. The number of ether oxygens (including phenoxy) is 1. The van der Waals surface area contributed by atoms with E-state index in [4.69, 9.17) is 4.74 Å². The lowest BCUT2D eigenvalue weighted by Crippen LogP contribution is -1.86. The summed E-state index contributed by atoms with van der Waals surface area (Å²) in [4.78, 5) is 0. The molecule has 15 heavy (non-hydrogen) atoms. The Morgan fingerprint density at radius 2 is 1.93 bits per heavy atom. The monoisotopic (exact) mass is 195 g/mol. The highest BCUT2D eigenvalue weighted by Gasteiger charge is 2.17. The Bertz CT molecular complexity index is 514. The maximum Gasteiger partial charge on any atom is 0.127 e. The molecule has 0 aromatic heterocycles. The predicted molar refractivity (Wildman–Crippen MR) is 60.1 cm³/mol. The molecule has 0 aliphatic heterocycles. The average Bonchev–Trinajstić information content (AvgIpc) is 2.66. The van der Waals surface area contributed by atoms with Gasteiger partial charge in [0.15, 0.2) is 0 Å². The third kappa shape index (κ3) is 1.23. The topological polar surface area (TPSA) is 9.23 Å². The molecule has 0 spiro atoms. The molecule has 1 aliphatic rings. The van der Waals surface area contributed by atoms with E-state index in [1.165, 1.54) is 22.3 Å². The zero-order valence-electron chi connectivity index (χ0n) is 8.58. The minimum absolute atomic E-state index is 0.821. The molecule has 0 bridgehead atoms. The lowest BCUT2D eigenvalue weighted by molar-refractivity contribution is 0.413. The first-order chi connectivity index (χ1) is 7.38. The van der Waals surface area contributed by atoms with Gasteiger partial charge in [-0.15, -0.1) is 0 Å². The maximum absolute atomic E-state index is 5.18. The van der Waals surface area contributed by atoms with Gasteiger partial charge in [-0.25, -0.2) is 0 Å². The molecule has 0 atom stereocenters. The standard InChI is InChI=1S/C14H11O/c1-15-12-6-7-14-11(9-12)8-10-4-2-3-5-13(10)14/h2-7H,8H2,1H3. The summed E-state index contributed by atoms with van der Waals surface area (Å²) in [6.45, 7) is 0. The molecule has 0 amide bonds. The number of rotatable bonds is 1. The van der Waals surface area contributed by atoms with Gasteiger partial charge in [-0.1, -0.05) is 30.3 Å². The first-order valence-electron chi connectivity index (χ1n) is 5.06. The van der Waals surface area contributed by atoms with E-state index >= 15 is 0 Å². The first-order valence-corrected chi connectivity index (χ1v) is 5.06. The second-order valence-electron chi connectivity index (χ2n) is 3.75. The van der Waals surface area contributed by atoms with E-state index in [1.54, 1.807) is 7.11 Å². The second kappa shape index (κ2) is 3.13. The van der Waals surface area contributed by atoms with Crippen molar-refractivity contribution in [2.75, 3.05) is 7.11 Å². The second-order valence-corrected chi connectivity index (χ2v) is 3.75. The molecule has 0 saturated heterocycles. The van der Waals surface area contributed by atoms with E-state index in [9.17, 15) is 0 Å². The quantitative estimate of drug-likeness (QED) is 0.580. The maximum atomic E-state index is 5.18. The van der Waals surface area contributed by atoms with Crippen LogP contribution in [0.3, 0.4) is 0 Å². The Balaban J connectivity index is 2.18. The highest BCUT2D eigenvalue weighted by atomic mass is 16.5. The summed E-state index contributed by atoms with van der Waals surface area (Å²) in [6.07, 6.45) is 0.975. The Morgan fingerprint density at radius 1 is 1.07 bits per heavy atom. The fraction of sp³-hybridized carbons (Fsp3) is 0.143. The van der Waals surface area contributed by atoms with E-state index < -0.39 is 0 Å². The molecule has 0 saturated carbocycles. The van der Waals surface area contributed by atoms with Gasteiger partial charge in [-0.3, -0.25) is 0 Å². The van der Waals surface area contributed by atoms with Gasteiger partial charge < -0.3 is 4.74 Å². The molecule has 1 heteroatoms. The van der Waals surface area contributed by atoms with Crippen molar-refractivity contribution in [3.05, 3.63) is 53.6 Å². The van der Waals surface area contributed by atoms with Crippen LogP contribution in [0.5, 0.6) is 5.75 Å². The number of hydrogen-bond donors (Lipinski definition) is 0. The molecular weight excluding hydrogens is 184 g/mol. The van der Waals surface area contributed by atoms with Gasteiger partial charge in [0.25, 0.3) is 0 Å². The van der Waals surface area contributed by atoms with Crippen LogP contribution in [0, 0.1) is 6.07 Å². The lowest BCUT2D eigenvalue weighted by Gasteiger charge is -2.02. The first kappa shape index (κ1) is 8.54. The summed E-state index contributed by atoms with van der Waals surface area (Å²) >= 11 is 0. The fourth-order valence-corrected chi connectivity index (χ4v) is 2.16. The minimum Gasteiger partial charge on any atom is -0.496 e. The Hall–Kier alpha value is -1.76. The zero-order valence-corrected chi connectivity index (χ0v) is 8.58. The van der Waals surface area contributed by atoms with Crippen LogP contribution in [0.25, 0.3) is 11.1 Å². The minimum atomic E-state index is 0.821. The van der Waals surface area contributed by atoms with E-state index in [2.05, 4.69) is 36.4 Å². The van der Waals surface area contributed by atoms with Gasteiger partial charge in [0, 0.05) is 6.07 Å². The summed E-state index contributed by atoms with van der Waals surface area (Å²) in [5.74, 6) is 0.821. The van der Waals surface area contributed by atoms with E-state index in [0.29, 0.717) is 0 Å². The summed E-state index contributed by atoms with van der Waals surface area (Å²) in [6, 6.07) is 15.9.